The van der Waals surface area contributed by atoms with Gasteiger partial charge < -0.3 is 0 Å². The molecule has 5 heteroatoms. The Morgan fingerprint density at radius 3 is 1.07 bits per heavy atom. The predicted molar refractivity (Wildman–Crippen MR) is 222 cm³/mol. The van der Waals surface area contributed by atoms with Gasteiger partial charge in [0.15, 0.2) is 11.6 Å². The zero-order valence-electron chi connectivity index (χ0n) is 29.0. The molecule has 0 N–H and O–H groups in total. The number of nitrogens with zero attached hydrogens (tertiary/aromatic N) is 5. The first kappa shape index (κ1) is 30.3. The molecule has 0 fully saturated rings. The summed E-state index contributed by atoms with van der Waals surface area (Å²) >= 11 is 0. The second-order valence-electron chi connectivity index (χ2n) is 13.6. The standard InChI is InChI=1S/C49H29N5/c1-5-18-34-30(12-1)16-9-22-38(34)46-40-28-26-32-14-3-7-20-36(32)44(40)51-48(53-46)42-24-11-25-43(50-42)49-52-45-37-21-8-4-15-33(37)27-29-41(45)47(54-49)39-23-10-17-31-13-2-6-19-35(31)39/h1-29H. The van der Waals surface area contributed by atoms with E-state index in [4.69, 9.17) is 24.9 Å². The summed E-state index contributed by atoms with van der Waals surface area (Å²) in [6.07, 6.45) is 0. The van der Waals surface area contributed by atoms with E-state index in [9.17, 15) is 0 Å². The lowest BCUT2D eigenvalue weighted by Crippen LogP contribution is -2.01. The van der Waals surface area contributed by atoms with Gasteiger partial charge in [-0.1, -0.05) is 152 Å². The summed E-state index contributed by atoms with van der Waals surface area (Å²) in [4.78, 5) is 26.3. The molecule has 0 saturated carbocycles. The van der Waals surface area contributed by atoms with Gasteiger partial charge in [0.2, 0.25) is 0 Å². The summed E-state index contributed by atoms with van der Waals surface area (Å²) in [7, 11) is 0. The number of rotatable bonds is 4. The lowest BCUT2D eigenvalue weighted by Gasteiger charge is -2.14. The van der Waals surface area contributed by atoms with Gasteiger partial charge in [-0.25, -0.2) is 24.9 Å². The maximum atomic E-state index is 5.31. The highest BCUT2D eigenvalue weighted by molar-refractivity contribution is 6.13. The van der Waals surface area contributed by atoms with Crippen LogP contribution in [0.1, 0.15) is 0 Å². The quantitative estimate of drug-likeness (QED) is 0.172. The Morgan fingerprint density at radius 2 is 0.611 bits per heavy atom. The number of hydrogen-bond donors (Lipinski definition) is 0. The van der Waals surface area contributed by atoms with Gasteiger partial charge >= 0.3 is 0 Å². The maximum absolute atomic E-state index is 5.31. The third kappa shape index (κ3) is 4.83. The fourth-order valence-corrected chi connectivity index (χ4v) is 7.91. The van der Waals surface area contributed by atoms with Crippen molar-refractivity contribution in [2.45, 2.75) is 0 Å². The van der Waals surface area contributed by atoms with Crippen LogP contribution in [0.3, 0.4) is 0 Å². The van der Waals surface area contributed by atoms with Crippen LogP contribution in [-0.2, 0) is 0 Å². The van der Waals surface area contributed by atoms with Crippen molar-refractivity contribution in [3.63, 3.8) is 0 Å². The van der Waals surface area contributed by atoms with Gasteiger partial charge in [-0.05, 0) is 56.6 Å². The van der Waals surface area contributed by atoms with Gasteiger partial charge in [-0.15, -0.1) is 0 Å². The van der Waals surface area contributed by atoms with Crippen molar-refractivity contribution in [3.05, 3.63) is 176 Å². The summed E-state index contributed by atoms with van der Waals surface area (Å²) in [6, 6.07) is 61.0. The molecule has 0 unspecified atom stereocenters. The molecule has 11 aromatic rings. The molecule has 3 heterocycles. The van der Waals surface area contributed by atoms with Crippen LogP contribution in [0, 0.1) is 0 Å². The molecule has 8 aromatic carbocycles. The second kappa shape index (κ2) is 12.1. The molecule has 54 heavy (non-hydrogen) atoms. The highest BCUT2D eigenvalue weighted by Gasteiger charge is 2.19. The Balaban J connectivity index is 1.16. The van der Waals surface area contributed by atoms with Crippen LogP contribution >= 0.6 is 0 Å². The van der Waals surface area contributed by atoms with Gasteiger partial charge in [0.25, 0.3) is 0 Å². The lowest BCUT2D eigenvalue weighted by atomic mass is 9.97. The van der Waals surface area contributed by atoms with E-state index in [-0.39, 0.29) is 0 Å². The summed E-state index contributed by atoms with van der Waals surface area (Å²) in [6.45, 7) is 0. The number of fused-ring (bicyclic) bond motifs is 8. The molecule has 11 rings (SSSR count). The number of aromatic nitrogens is 5. The van der Waals surface area contributed by atoms with Crippen LogP contribution in [-0.4, -0.2) is 24.9 Å². The molecule has 0 amide bonds. The SMILES string of the molecule is c1cc(-c2nc(-c3cccc4ccccc34)c3ccc4ccccc4c3n2)nc(-c2nc(-c3cccc4ccccc34)c3ccc4ccccc4c3n2)c1. The summed E-state index contributed by atoms with van der Waals surface area (Å²) in [5.41, 5.74) is 6.93. The first-order valence-electron chi connectivity index (χ1n) is 18.1. The molecule has 0 saturated heterocycles. The first-order valence-corrected chi connectivity index (χ1v) is 18.1. The van der Waals surface area contributed by atoms with Crippen LogP contribution in [0.5, 0.6) is 0 Å². The fourth-order valence-electron chi connectivity index (χ4n) is 7.91. The average molecular weight is 688 g/mol. The molecule has 0 spiro atoms. The van der Waals surface area contributed by atoms with E-state index in [1.54, 1.807) is 0 Å². The van der Waals surface area contributed by atoms with Crippen molar-refractivity contribution in [1.82, 2.24) is 24.9 Å². The van der Waals surface area contributed by atoms with Crippen molar-refractivity contribution < 1.29 is 0 Å². The van der Waals surface area contributed by atoms with Crippen LogP contribution in [0.2, 0.25) is 0 Å². The van der Waals surface area contributed by atoms with E-state index in [1.165, 1.54) is 0 Å². The number of pyridine rings is 1. The molecule has 3 aromatic heterocycles. The van der Waals surface area contributed by atoms with Crippen molar-refractivity contribution in [3.8, 4) is 45.6 Å². The Hall–Kier alpha value is -7.37. The lowest BCUT2D eigenvalue weighted by molar-refractivity contribution is 1.15. The van der Waals surface area contributed by atoms with E-state index in [1.807, 2.05) is 18.2 Å². The zero-order valence-corrected chi connectivity index (χ0v) is 29.0. The van der Waals surface area contributed by atoms with Gasteiger partial charge in [-0.3, -0.25) is 0 Å². The number of benzene rings is 8. The van der Waals surface area contributed by atoms with Crippen molar-refractivity contribution in [2.24, 2.45) is 0 Å². The molecule has 0 bridgehead atoms. The summed E-state index contributed by atoms with van der Waals surface area (Å²) in [5.74, 6) is 1.09. The minimum absolute atomic E-state index is 0.546. The van der Waals surface area contributed by atoms with Crippen molar-refractivity contribution >= 4 is 64.9 Å². The van der Waals surface area contributed by atoms with E-state index in [0.29, 0.717) is 23.0 Å². The zero-order chi connectivity index (χ0) is 35.6. The Kier molecular flexibility index (Phi) is 6.79. The first-order chi connectivity index (χ1) is 26.8. The van der Waals surface area contributed by atoms with Gasteiger partial charge in [-0.2, -0.15) is 0 Å². The van der Waals surface area contributed by atoms with Crippen molar-refractivity contribution in [1.29, 1.82) is 0 Å². The third-order valence-electron chi connectivity index (χ3n) is 10.5. The van der Waals surface area contributed by atoms with Gasteiger partial charge in [0, 0.05) is 32.7 Å². The van der Waals surface area contributed by atoms with Crippen molar-refractivity contribution in [2.75, 3.05) is 0 Å². The summed E-state index contributed by atoms with van der Waals surface area (Å²) in [5, 5.41) is 11.0. The molecule has 0 aliphatic carbocycles. The molecular weight excluding hydrogens is 659 g/mol. The number of hydrogen-bond acceptors (Lipinski definition) is 5. The smallest absolute Gasteiger partial charge is 0.179 e. The monoisotopic (exact) mass is 687 g/mol. The molecule has 0 aliphatic heterocycles. The predicted octanol–water partition coefficient (Wildman–Crippen LogP) is 12.2. The Morgan fingerprint density at radius 1 is 0.241 bits per heavy atom. The maximum Gasteiger partial charge on any atom is 0.179 e. The van der Waals surface area contributed by atoms with E-state index < -0.39 is 0 Å². The molecular formula is C49H29N5. The van der Waals surface area contributed by atoms with Crippen LogP contribution < -0.4 is 0 Å². The summed E-state index contributed by atoms with van der Waals surface area (Å²) < 4.78 is 0. The average Bonchev–Trinajstić information content (AvgIpc) is 3.25. The highest BCUT2D eigenvalue weighted by Crippen LogP contribution is 2.38. The normalized spacial score (nSPS) is 11.7. The molecule has 5 nitrogen and oxygen atoms in total. The molecule has 0 radical (unpaired) electrons. The molecule has 0 aliphatic rings. The Labute approximate surface area is 310 Å². The minimum Gasteiger partial charge on any atom is -0.241 e. The molecule has 0 atom stereocenters. The van der Waals surface area contributed by atoms with E-state index >= 15 is 0 Å². The highest BCUT2D eigenvalue weighted by atomic mass is 15.0. The Bertz CT molecular complexity index is 3070. The largest absolute Gasteiger partial charge is 0.241 e. The van der Waals surface area contributed by atoms with E-state index in [0.717, 1.165) is 87.4 Å². The van der Waals surface area contributed by atoms with Crippen LogP contribution in [0.15, 0.2) is 176 Å². The van der Waals surface area contributed by atoms with Crippen LogP contribution in [0.25, 0.3) is 110 Å². The van der Waals surface area contributed by atoms with Gasteiger partial charge in [0.05, 0.1) is 22.4 Å². The second-order valence-corrected chi connectivity index (χ2v) is 13.6. The van der Waals surface area contributed by atoms with Gasteiger partial charge in [0.1, 0.15) is 11.4 Å². The minimum atomic E-state index is 0.546. The van der Waals surface area contributed by atoms with E-state index in [2.05, 4.69) is 158 Å². The topological polar surface area (TPSA) is 64.5 Å². The molecule has 250 valence electrons. The fraction of sp³-hybridized carbons (Fsp3) is 0. The van der Waals surface area contributed by atoms with Crippen LogP contribution in [0.4, 0.5) is 0 Å². The third-order valence-corrected chi connectivity index (χ3v) is 10.5.